The second-order valence-electron chi connectivity index (χ2n) is 5.53. The standard InChI is InChI=1S/C14H24N2O3/c1-2-3-9-19-10-8-16-11-12(17)15-14(13(16)18)6-4-5-7-14/h2-11H2,1H3,(H,15,17). The Morgan fingerprint density at radius 1 is 1.26 bits per heavy atom. The van der Waals surface area contributed by atoms with Crippen molar-refractivity contribution in [3.63, 3.8) is 0 Å². The molecule has 1 aliphatic heterocycles. The predicted octanol–water partition coefficient (Wildman–Crippen LogP) is 1.07. The molecule has 1 saturated carbocycles. The first-order chi connectivity index (χ1) is 9.18. The van der Waals surface area contributed by atoms with E-state index >= 15 is 0 Å². The fourth-order valence-electron chi connectivity index (χ4n) is 2.93. The van der Waals surface area contributed by atoms with Crippen LogP contribution < -0.4 is 5.32 Å². The van der Waals surface area contributed by atoms with E-state index in [0.29, 0.717) is 13.2 Å². The van der Waals surface area contributed by atoms with E-state index in [9.17, 15) is 9.59 Å². The van der Waals surface area contributed by atoms with Crippen molar-refractivity contribution in [2.24, 2.45) is 0 Å². The minimum Gasteiger partial charge on any atom is -0.380 e. The summed E-state index contributed by atoms with van der Waals surface area (Å²) in [5, 5.41) is 2.91. The van der Waals surface area contributed by atoms with Crippen molar-refractivity contribution in [2.75, 3.05) is 26.3 Å². The minimum absolute atomic E-state index is 0.0324. The molecule has 1 heterocycles. The third-order valence-electron chi connectivity index (χ3n) is 4.01. The summed E-state index contributed by atoms with van der Waals surface area (Å²) < 4.78 is 5.49. The molecular formula is C14H24N2O3. The highest BCUT2D eigenvalue weighted by Gasteiger charge is 2.47. The summed E-state index contributed by atoms with van der Waals surface area (Å²) in [5.41, 5.74) is -0.598. The van der Waals surface area contributed by atoms with Crippen LogP contribution in [0.4, 0.5) is 0 Å². The molecule has 2 aliphatic rings. The average molecular weight is 268 g/mol. The van der Waals surface area contributed by atoms with Crippen molar-refractivity contribution in [1.82, 2.24) is 10.2 Å². The molecule has 0 radical (unpaired) electrons. The maximum absolute atomic E-state index is 12.5. The van der Waals surface area contributed by atoms with E-state index in [0.717, 1.165) is 45.1 Å². The number of hydrogen-bond donors (Lipinski definition) is 1. The van der Waals surface area contributed by atoms with Gasteiger partial charge >= 0.3 is 0 Å². The Labute approximate surface area is 114 Å². The van der Waals surface area contributed by atoms with Crippen molar-refractivity contribution in [3.05, 3.63) is 0 Å². The van der Waals surface area contributed by atoms with E-state index in [-0.39, 0.29) is 18.4 Å². The lowest BCUT2D eigenvalue weighted by molar-refractivity contribution is -0.150. The zero-order chi connectivity index (χ0) is 13.7. The zero-order valence-corrected chi connectivity index (χ0v) is 11.7. The van der Waals surface area contributed by atoms with Gasteiger partial charge in [0.2, 0.25) is 11.8 Å². The fraction of sp³-hybridized carbons (Fsp3) is 0.857. The Morgan fingerprint density at radius 2 is 2.00 bits per heavy atom. The molecule has 0 bridgehead atoms. The van der Waals surface area contributed by atoms with E-state index < -0.39 is 5.54 Å². The molecule has 1 spiro atoms. The van der Waals surface area contributed by atoms with Crippen LogP contribution in [-0.2, 0) is 14.3 Å². The fourth-order valence-corrected chi connectivity index (χ4v) is 2.93. The van der Waals surface area contributed by atoms with Crippen LogP contribution in [0.15, 0.2) is 0 Å². The highest BCUT2D eigenvalue weighted by Crippen LogP contribution is 2.33. The molecule has 2 fully saturated rings. The van der Waals surface area contributed by atoms with Gasteiger partial charge in [-0.1, -0.05) is 26.2 Å². The average Bonchev–Trinajstić information content (AvgIpc) is 2.84. The lowest BCUT2D eigenvalue weighted by Crippen LogP contribution is -2.65. The maximum atomic E-state index is 12.5. The Balaban J connectivity index is 1.85. The summed E-state index contributed by atoms with van der Waals surface area (Å²) >= 11 is 0. The highest BCUT2D eigenvalue weighted by atomic mass is 16.5. The van der Waals surface area contributed by atoms with Crippen molar-refractivity contribution in [3.8, 4) is 0 Å². The molecule has 1 N–H and O–H groups in total. The number of carbonyl (C=O) groups excluding carboxylic acids is 2. The molecule has 0 unspecified atom stereocenters. The summed E-state index contributed by atoms with van der Waals surface area (Å²) in [6, 6.07) is 0. The van der Waals surface area contributed by atoms with Crippen molar-refractivity contribution in [1.29, 1.82) is 0 Å². The van der Waals surface area contributed by atoms with Crippen LogP contribution in [0.25, 0.3) is 0 Å². The predicted molar refractivity (Wildman–Crippen MR) is 71.6 cm³/mol. The molecule has 1 saturated heterocycles. The number of ether oxygens (including phenoxy) is 1. The summed E-state index contributed by atoms with van der Waals surface area (Å²) in [6.45, 7) is 4.08. The quantitative estimate of drug-likeness (QED) is 0.733. The number of carbonyl (C=O) groups is 2. The first-order valence-corrected chi connectivity index (χ1v) is 7.36. The number of amides is 2. The van der Waals surface area contributed by atoms with Gasteiger partial charge in [0.25, 0.3) is 0 Å². The first kappa shape index (κ1) is 14.3. The van der Waals surface area contributed by atoms with Crippen LogP contribution in [0, 0.1) is 0 Å². The van der Waals surface area contributed by atoms with E-state index in [1.807, 2.05) is 0 Å². The third-order valence-corrected chi connectivity index (χ3v) is 4.01. The Kier molecular flexibility index (Phi) is 4.80. The Morgan fingerprint density at radius 3 is 2.68 bits per heavy atom. The largest absolute Gasteiger partial charge is 0.380 e. The number of unbranched alkanes of at least 4 members (excludes halogenated alkanes) is 1. The molecule has 108 valence electrons. The molecule has 1 aliphatic carbocycles. The van der Waals surface area contributed by atoms with Gasteiger partial charge in [0.15, 0.2) is 0 Å². The van der Waals surface area contributed by atoms with Crippen LogP contribution in [0.2, 0.25) is 0 Å². The van der Waals surface area contributed by atoms with Gasteiger partial charge in [0.1, 0.15) is 5.54 Å². The van der Waals surface area contributed by atoms with Crippen LogP contribution in [0.1, 0.15) is 45.4 Å². The smallest absolute Gasteiger partial charge is 0.248 e. The van der Waals surface area contributed by atoms with Crippen LogP contribution in [0.5, 0.6) is 0 Å². The number of rotatable bonds is 6. The van der Waals surface area contributed by atoms with Crippen LogP contribution in [-0.4, -0.2) is 48.6 Å². The number of nitrogens with zero attached hydrogens (tertiary/aromatic N) is 1. The van der Waals surface area contributed by atoms with Gasteiger partial charge in [-0.15, -0.1) is 0 Å². The second kappa shape index (κ2) is 6.37. The van der Waals surface area contributed by atoms with E-state index in [4.69, 9.17) is 4.74 Å². The molecule has 0 atom stereocenters. The molecule has 5 heteroatoms. The molecule has 19 heavy (non-hydrogen) atoms. The van der Waals surface area contributed by atoms with Gasteiger partial charge in [-0.25, -0.2) is 0 Å². The van der Waals surface area contributed by atoms with Crippen molar-refractivity contribution >= 4 is 11.8 Å². The van der Waals surface area contributed by atoms with Crippen LogP contribution >= 0.6 is 0 Å². The highest BCUT2D eigenvalue weighted by molar-refractivity contribution is 5.98. The molecule has 0 aromatic carbocycles. The topological polar surface area (TPSA) is 58.6 Å². The first-order valence-electron chi connectivity index (χ1n) is 7.36. The number of hydrogen-bond acceptors (Lipinski definition) is 3. The number of piperazine rings is 1. The number of nitrogens with one attached hydrogen (secondary N) is 1. The van der Waals surface area contributed by atoms with Crippen LogP contribution in [0.3, 0.4) is 0 Å². The van der Waals surface area contributed by atoms with Crippen molar-refractivity contribution < 1.29 is 14.3 Å². The van der Waals surface area contributed by atoms with Gasteiger partial charge in [-0.3, -0.25) is 9.59 Å². The minimum atomic E-state index is -0.598. The van der Waals surface area contributed by atoms with Gasteiger partial charge in [-0.05, 0) is 19.3 Å². The molecule has 0 aromatic heterocycles. The second-order valence-corrected chi connectivity index (χ2v) is 5.53. The molecule has 5 nitrogen and oxygen atoms in total. The van der Waals surface area contributed by atoms with Gasteiger partial charge < -0.3 is 15.0 Å². The monoisotopic (exact) mass is 268 g/mol. The SMILES string of the molecule is CCCCOCCN1CC(=O)NC2(CCCC2)C1=O. The summed E-state index contributed by atoms with van der Waals surface area (Å²) in [6.07, 6.45) is 5.75. The lowest BCUT2D eigenvalue weighted by Gasteiger charge is -2.39. The zero-order valence-electron chi connectivity index (χ0n) is 11.7. The lowest BCUT2D eigenvalue weighted by atomic mass is 9.93. The third kappa shape index (κ3) is 3.26. The molecule has 0 aromatic rings. The summed E-state index contributed by atoms with van der Waals surface area (Å²) in [7, 11) is 0. The maximum Gasteiger partial charge on any atom is 0.248 e. The Bertz CT molecular complexity index is 338. The van der Waals surface area contributed by atoms with Crippen molar-refractivity contribution in [2.45, 2.75) is 51.0 Å². The van der Waals surface area contributed by atoms with E-state index in [1.54, 1.807) is 4.90 Å². The molecule has 2 amide bonds. The molecule has 2 rings (SSSR count). The summed E-state index contributed by atoms with van der Waals surface area (Å²) in [4.78, 5) is 25.9. The summed E-state index contributed by atoms with van der Waals surface area (Å²) in [5.74, 6) is 0.0544. The van der Waals surface area contributed by atoms with E-state index in [2.05, 4.69) is 12.2 Å². The van der Waals surface area contributed by atoms with E-state index in [1.165, 1.54) is 0 Å². The Hall–Kier alpha value is -1.10. The van der Waals surface area contributed by atoms with Gasteiger partial charge in [0, 0.05) is 13.2 Å². The normalized spacial score (nSPS) is 22.1. The molecular weight excluding hydrogens is 244 g/mol. The van der Waals surface area contributed by atoms with Gasteiger partial charge in [0.05, 0.1) is 13.2 Å². The van der Waals surface area contributed by atoms with Gasteiger partial charge in [-0.2, -0.15) is 0 Å².